The van der Waals surface area contributed by atoms with Crippen LogP contribution in [0.1, 0.15) is 9.81 Å². The summed E-state index contributed by atoms with van der Waals surface area (Å²) < 4.78 is 63.8. The van der Waals surface area contributed by atoms with Gasteiger partial charge in [-0.3, -0.25) is 9.20 Å². The van der Waals surface area contributed by atoms with Crippen LogP contribution in [0.2, 0.25) is 0 Å². The number of alkyl halides is 3. The molecular weight excluding hydrogens is 317 g/mol. The number of aromatic nitrogens is 2. The fourth-order valence-electron chi connectivity index (χ4n) is 1.35. The van der Waals surface area contributed by atoms with Gasteiger partial charge in [-0.25, -0.2) is 4.98 Å². The van der Waals surface area contributed by atoms with E-state index in [9.17, 15) is 18.0 Å². The van der Waals surface area contributed by atoms with Gasteiger partial charge in [-0.05, 0) is 22.0 Å². The number of ether oxygens (including phenoxy) is 1. The Morgan fingerprint density at radius 1 is 1.56 bits per heavy atom. The number of fused-ring (bicyclic) bond motifs is 1. The molecule has 0 aliphatic rings. The molecule has 2 rings (SSSR count). The van der Waals surface area contributed by atoms with Crippen molar-refractivity contribution in [3.05, 3.63) is 38.9 Å². The molecule has 0 aliphatic carbocycles. The predicted octanol–water partition coefficient (Wildman–Crippen LogP) is 2.48. The lowest BCUT2D eigenvalue weighted by Crippen LogP contribution is -2.22. The van der Waals surface area contributed by atoms with E-state index in [-0.39, 0.29) is 11.4 Å². The molecule has 0 aliphatic heterocycles. The van der Waals surface area contributed by atoms with Crippen molar-refractivity contribution in [1.82, 2.24) is 9.38 Å². The molecule has 4 nitrogen and oxygen atoms in total. The maximum Gasteiger partial charge on any atom is 0.434 e. The Morgan fingerprint density at radius 3 is 2.89 bits per heavy atom. The highest BCUT2D eigenvalue weighted by atomic mass is 79.9. The van der Waals surface area contributed by atoms with Crippen LogP contribution in [0.25, 0.3) is 5.65 Å². The molecule has 0 radical (unpaired) electrons. The van der Waals surface area contributed by atoms with Gasteiger partial charge in [0.2, 0.25) is 0 Å². The van der Waals surface area contributed by atoms with Crippen LogP contribution in [0.15, 0.2) is 27.6 Å². The van der Waals surface area contributed by atoms with Crippen LogP contribution in [0.5, 0.6) is 5.75 Å². The van der Waals surface area contributed by atoms with Crippen LogP contribution in [0.3, 0.4) is 0 Å². The zero-order valence-corrected chi connectivity index (χ0v) is 10.0. The molecular formula is C10H6BrF3N2O2. The lowest BCUT2D eigenvalue weighted by atomic mass is 10.3. The number of nitrogens with zero attached hydrogens (tertiary/aromatic N) is 2. The number of pyridine rings is 1. The van der Waals surface area contributed by atoms with Crippen LogP contribution < -0.4 is 10.3 Å². The maximum atomic E-state index is 12.8. The van der Waals surface area contributed by atoms with Gasteiger partial charge < -0.3 is 4.74 Å². The molecule has 0 aromatic carbocycles. The molecule has 0 fully saturated rings. The van der Waals surface area contributed by atoms with Crippen molar-refractivity contribution in [3.8, 4) is 5.75 Å². The Bertz CT molecular complexity index is 758. The van der Waals surface area contributed by atoms with E-state index >= 15 is 0 Å². The molecule has 0 bridgehead atoms. The van der Waals surface area contributed by atoms with Crippen LogP contribution in [0, 0.1) is 0 Å². The van der Waals surface area contributed by atoms with Gasteiger partial charge in [0.25, 0.3) is 5.56 Å². The van der Waals surface area contributed by atoms with E-state index in [0.29, 0.717) is 0 Å². The van der Waals surface area contributed by atoms with E-state index < -0.39 is 28.9 Å². The summed E-state index contributed by atoms with van der Waals surface area (Å²) in [6, 6.07) is 2.08. The highest BCUT2D eigenvalue weighted by Gasteiger charge is 2.36. The quantitative estimate of drug-likeness (QED) is 0.809. The van der Waals surface area contributed by atoms with Crippen molar-refractivity contribution < 1.29 is 22.0 Å². The molecule has 0 saturated heterocycles. The average Bonchev–Trinajstić information content (AvgIpc) is 2.30. The smallest absolute Gasteiger partial charge is 0.434 e. The number of halogens is 4. The lowest BCUT2D eigenvalue weighted by Gasteiger charge is -2.10. The summed E-state index contributed by atoms with van der Waals surface area (Å²) in [6.07, 6.45) is -3.75. The number of hydrogen-bond acceptors (Lipinski definition) is 3. The minimum atomic E-state index is -4.83. The summed E-state index contributed by atoms with van der Waals surface area (Å²) >= 11 is 2.57. The second kappa shape index (κ2) is 4.27. The molecule has 8 heteroatoms. The zero-order chi connectivity index (χ0) is 16.0. The first-order valence-corrected chi connectivity index (χ1v) is 5.26. The molecule has 2 aromatic heterocycles. The van der Waals surface area contributed by atoms with E-state index in [2.05, 4.69) is 25.7 Å². The fraction of sp³-hybridized carbons (Fsp3) is 0.200. The van der Waals surface area contributed by atoms with Crippen molar-refractivity contribution in [2.75, 3.05) is 7.04 Å². The van der Waals surface area contributed by atoms with Gasteiger partial charge in [0, 0.05) is 12.3 Å². The second-order valence-corrected chi connectivity index (χ2v) is 4.06. The first-order valence-electron chi connectivity index (χ1n) is 5.97. The van der Waals surface area contributed by atoms with Crippen molar-refractivity contribution in [2.24, 2.45) is 0 Å². The van der Waals surface area contributed by atoms with Gasteiger partial charge in [0.1, 0.15) is 15.9 Å². The van der Waals surface area contributed by atoms with Gasteiger partial charge >= 0.3 is 6.18 Å². The average molecular weight is 326 g/mol. The van der Waals surface area contributed by atoms with Gasteiger partial charge in [0.05, 0.1) is 11.2 Å². The number of rotatable bonds is 1. The van der Waals surface area contributed by atoms with Crippen molar-refractivity contribution in [3.63, 3.8) is 0 Å². The monoisotopic (exact) mass is 325 g/mol. The molecule has 0 atom stereocenters. The lowest BCUT2D eigenvalue weighted by molar-refractivity contribution is -0.141. The van der Waals surface area contributed by atoms with E-state index in [0.717, 1.165) is 22.7 Å². The van der Waals surface area contributed by atoms with E-state index in [1.54, 1.807) is 0 Å². The normalized spacial score (nSPS) is 15.0. The largest absolute Gasteiger partial charge is 0.497 e. The second-order valence-electron chi connectivity index (χ2n) is 3.27. The van der Waals surface area contributed by atoms with Crippen LogP contribution in [-0.4, -0.2) is 16.4 Å². The SMILES string of the molecule is [2H]C([2H])([2H])Oc1ccn2c(=O)c(Br)c(C(F)(F)F)nc2c1. The van der Waals surface area contributed by atoms with Gasteiger partial charge in [-0.15, -0.1) is 0 Å². The Labute approximate surface area is 111 Å². The molecule has 0 N–H and O–H groups in total. The molecule has 0 saturated carbocycles. The summed E-state index contributed by atoms with van der Waals surface area (Å²) in [6.45, 7) is 0. The van der Waals surface area contributed by atoms with E-state index in [1.165, 1.54) is 0 Å². The van der Waals surface area contributed by atoms with Crippen LogP contribution in [0.4, 0.5) is 13.2 Å². The Balaban J connectivity index is 2.67. The summed E-state index contributed by atoms with van der Waals surface area (Å²) in [7, 11) is -2.76. The molecule has 0 spiro atoms. The predicted molar refractivity (Wildman–Crippen MR) is 60.7 cm³/mol. The standard InChI is InChI=1S/C10H6BrF3N2O2/c1-18-5-2-3-16-6(4-5)15-8(10(12,13)14)7(11)9(16)17/h2-4H,1H3/i1D3. The van der Waals surface area contributed by atoms with Gasteiger partial charge in [-0.1, -0.05) is 0 Å². The van der Waals surface area contributed by atoms with Crippen LogP contribution >= 0.6 is 15.9 Å². The van der Waals surface area contributed by atoms with Crippen molar-refractivity contribution >= 4 is 21.6 Å². The third kappa shape index (κ3) is 2.07. The Hall–Kier alpha value is -1.57. The Morgan fingerprint density at radius 2 is 2.28 bits per heavy atom. The molecule has 96 valence electrons. The first-order chi connectivity index (χ1) is 9.49. The highest BCUT2D eigenvalue weighted by molar-refractivity contribution is 9.10. The molecule has 2 heterocycles. The highest BCUT2D eigenvalue weighted by Crippen LogP contribution is 2.31. The van der Waals surface area contributed by atoms with Crippen molar-refractivity contribution in [1.29, 1.82) is 0 Å². The van der Waals surface area contributed by atoms with Gasteiger partial charge in [-0.2, -0.15) is 13.2 Å². The molecule has 18 heavy (non-hydrogen) atoms. The van der Waals surface area contributed by atoms with Crippen molar-refractivity contribution in [2.45, 2.75) is 6.18 Å². The molecule has 2 aromatic rings. The fourth-order valence-corrected chi connectivity index (χ4v) is 1.85. The van der Waals surface area contributed by atoms with Crippen LogP contribution in [-0.2, 0) is 6.18 Å². The summed E-state index contributed by atoms with van der Waals surface area (Å²) in [5.74, 6) is -0.225. The van der Waals surface area contributed by atoms with Gasteiger partial charge in [0.15, 0.2) is 5.69 Å². The number of methoxy groups -OCH3 is 1. The maximum absolute atomic E-state index is 12.8. The minimum absolute atomic E-state index is 0.225. The van der Waals surface area contributed by atoms with E-state index in [1.807, 2.05) is 0 Å². The third-order valence-electron chi connectivity index (χ3n) is 2.13. The number of hydrogen-bond donors (Lipinski definition) is 0. The first kappa shape index (κ1) is 9.37. The summed E-state index contributed by atoms with van der Waals surface area (Å²) in [4.78, 5) is 15.1. The zero-order valence-electron chi connectivity index (χ0n) is 11.5. The van der Waals surface area contributed by atoms with E-state index in [4.69, 9.17) is 4.11 Å². The summed E-state index contributed by atoms with van der Waals surface area (Å²) in [5.41, 5.74) is -2.73. The molecule has 0 unspecified atom stereocenters. The topological polar surface area (TPSA) is 43.6 Å². The Kier molecular flexibility index (Phi) is 2.22. The summed E-state index contributed by atoms with van der Waals surface area (Å²) in [5, 5.41) is 0. The third-order valence-corrected chi connectivity index (χ3v) is 2.85. The molecule has 0 amide bonds. The minimum Gasteiger partial charge on any atom is -0.497 e.